The van der Waals surface area contributed by atoms with Crippen LogP contribution in [0.2, 0.25) is 0 Å². The van der Waals surface area contributed by atoms with Gasteiger partial charge in [-0.15, -0.1) is 0 Å². The van der Waals surface area contributed by atoms with Gasteiger partial charge in [0.1, 0.15) is 0 Å². The minimum Gasteiger partial charge on any atom is -0.377 e. The predicted octanol–water partition coefficient (Wildman–Crippen LogP) is 3.12. The van der Waals surface area contributed by atoms with Crippen LogP contribution >= 0.6 is 22.6 Å². The molecule has 1 aromatic carbocycles. The Hall–Kier alpha value is -0.780. The Morgan fingerprint density at radius 3 is 2.71 bits per heavy atom. The van der Waals surface area contributed by atoms with Gasteiger partial charge in [0, 0.05) is 15.0 Å². The van der Waals surface area contributed by atoms with Crippen LogP contribution in [0.15, 0.2) is 29.4 Å². The molecule has 0 unspecified atom stereocenters. The van der Waals surface area contributed by atoms with E-state index < -0.39 is 0 Å². The van der Waals surface area contributed by atoms with E-state index >= 15 is 0 Å². The first-order valence-electron chi connectivity index (χ1n) is 4.16. The van der Waals surface area contributed by atoms with Crippen LogP contribution in [0.1, 0.15) is 5.56 Å². The molecule has 0 radical (unpaired) electrons. The highest BCUT2D eigenvalue weighted by atomic mass is 127. The molecule has 74 valence electrons. The number of azide groups is 1. The third-order valence-electron chi connectivity index (χ3n) is 1.58. The summed E-state index contributed by atoms with van der Waals surface area (Å²) in [5.74, 6) is 0. The quantitative estimate of drug-likeness (QED) is 0.271. The summed E-state index contributed by atoms with van der Waals surface area (Å²) in [7, 11) is 0. The molecule has 0 spiro atoms. The van der Waals surface area contributed by atoms with E-state index in [2.05, 4.69) is 32.6 Å². The second kappa shape index (κ2) is 6.64. The van der Waals surface area contributed by atoms with Crippen LogP contribution in [0.5, 0.6) is 0 Å². The lowest BCUT2D eigenvalue weighted by Gasteiger charge is -2.01. The summed E-state index contributed by atoms with van der Waals surface area (Å²) in [5, 5.41) is 3.37. The molecule has 0 fully saturated rings. The lowest BCUT2D eigenvalue weighted by molar-refractivity contribution is 0.128. The average Bonchev–Trinajstić information content (AvgIpc) is 2.21. The van der Waals surface area contributed by atoms with Crippen LogP contribution < -0.4 is 0 Å². The minimum absolute atomic E-state index is 0.390. The lowest BCUT2D eigenvalue weighted by atomic mass is 10.2. The fourth-order valence-corrected chi connectivity index (χ4v) is 1.28. The van der Waals surface area contributed by atoms with Gasteiger partial charge in [-0.1, -0.05) is 17.2 Å². The van der Waals surface area contributed by atoms with Crippen molar-refractivity contribution >= 4 is 22.6 Å². The van der Waals surface area contributed by atoms with Crippen LogP contribution in [0.4, 0.5) is 0 Å². The lowest BCUT2D eigenvalue weighted by Crippen LogP contribution is -1.97. The largest absolute Gasteiger partial charge is 0.377 e. The average molecular weight is 303 g/mol. The highest BCUT2D eigenvalue weighted by Gasteiger charge is 1.92. The first-order chi connectivity index (χ1) is 6.83. The molecule has 0 N–H and O–H groups in total. The molecule has 1 aromatic rings. The summed E-state index contributed by atoms with van der Waals surface area (Å²) in [6.07, 6.45) is 0. The van der Waals surface area contributed by atoms with Crippen molar-refractivity contribution < 1.29 is 4.74 Å². The smallest absolute Gasteiger partial charge is 0.0716 e. The third-order valence-corrected chi connectivity index (χ3v) is 2.30. The fraction of sp³-hybridized carbons (Fsp3) is 0.333. The summed E-state index contributed by atoms with van der Waals surface area (Å²) >= 11 is 2.26. The van der Waals surface area contributed by atoms with Gasteiger partial charge in [-0.25, -0.2) is 0 Å². The van der Waals surface area contributed by atoms with Crippen molar-refractivity contribution in [3.05, 3.63) is 43.8 Å². The molecule has 0 aliphatic heterocycles. The summed E-state index contributed by atoms with van der Waals surface area (Å²) in [4.78, 5) is 2.64. The minimum atomic E-state index is 0.390. The summed E-state index contributed by atoms with van der Waals surface area (Å²) < 4.78 is 6.50. The molecule has 0 bridgehead atoms. The van der Waals surface area contributed by atoms with E-state index in [-0.39, 0.29) is 0 Å². The van der Waals surface area contributed by atoms with Gasteiger partial charge in [-0.2, -0.15) is 0 Å². The molecular weight excluding hydrogens is 293 g/mol. The number of rotatable bonds is 5. The van der Waals surface area contributed by atoms with Crippen molar-refractivity contribution in [3.63, 3.8) is 0 Å². The normalized spacial score (nSPS) is 9.50. The molecule has 0 saturated carbocycles. The molecule has 0 aromatic heterocycles. The van der Waals surface area contributed by atoms with Gasteiger partial charge in [0.05, 0.1) is 13.2 Å². The predicted molar refractivity (Wildman–Crippen MR) is 62.8 cm³/mol. The number of ether oxygens (including phenoxy) is 1. The van der Waals surface area contributed by atoms with Gasteiger partial charge in [-0.05, 0) is 45.8 Å². The first-order valence-corrected chi connectivity index (χ1v) is 5.24. The molecular formula is C9H10IN3O. The Kier molecular flexibility index (Phi) is 5.36. The van der Waals surface area contributed by atoms with Crippen LogP contribution in [0, 0.1) is 3.57 Å². The van der Waals surface area contributed by atoms with Gasteiger partial charge >= 0.3 is 0 Å². The van der Waals surface area contributed by atoms with Crippen LogP contribution in [-0.4, -0.2) is 13.2 Å². The van der Waals surface area contributed by atoms with E-state index in [1.54, 1.807) is 0 Å². The van der Waals surface area contributed by atoms with Crippen molar-refractivity contribution in [2.45, 2.75) is 6.61 Å². The molecule has 0 aliphatic rings. The highest BCUT2D eigenvalue weighted by molar-refractivity contribution is 14.1. The van der Waals surface area contributed by atoms with E-state index in [0.29, 0.717) is 19.8 Å². The van der Waals surface area contributed by atoms with Gasteiger partial charge < -0.3 is 4.74 Å². The summed E-state index contributed by atoms with van der Waals surface area (Å²) in [6.45, 7) is 1.43. The van der Waals surface area contributed by atoms with E-state index in [4.69, 9.17) is 10.3 Å². The van der Waals surface area contributed by atoms with E-state index in [0.717, 1.165) is 5.56 Å². The Morgan fingerprint density at radius 2 is 2.07 bits per heavy atom. The molecule has 5 heteroatoms. The second-order valence-corrected chi connectivity index (χ2v) is 3.88. The van der Waals surface area contributed by atoms with Crippen molar-refractivity contribution in [2.24, 2.45) is 5.11 Å². The molecule has 4 nitrogen and oxygen atoms in total. The number of benzene rings is 1. The molecule has 14 heavy (non-hydrogen) atoms. The third kappa shape index (κ3) is 4.45. The molecule has 0 atom stereocenters. The summed E-state index contributed by atoms with van der Waals surface area (Å²) in [5.41, 5.74) is 9.15. The van der Waals surface area contributed by atoms with Crippen LogP contribution in [0.25, 0.3) is 10.4 Å². The Bertz CT molecular complexity index is 319. The maximum absolute atomic E-state index is 8.02. The standard InChI is InChI=1S/C9H10IN3O/c10-9-3-1-8(2-4-9)7-14-6-5-12-13-11/h1-4H,5-7H2. The monoisotopic (exact) mass is 303 g/mol. The fourth-order valence-electron chi connectivity index (χ4n) is 0.921. The Balaban J connectivity index is 2.24. The van der Waals surface area contributed by atoms with E-state index in [9.17, 15) is 0 Å². The van der Waals surface area contributed by atoms with Gasteiger partial charge in [0.2, 0.25) is 0 Å². The van der Waals surface area contributed by atoms with Crippen LogP contribution in [-0.2, 0) is 11.3 Å². The number of nitrogens with zero attached hydrogens (tertiary/aromatic N) is 3. The Labute approximate surface area is 96.0 Å². The highest BCUT2D eigenvalue weighted by Crippen LogP contribution is 2.07. The summed E-state index contributed by atoms with van der Waals surface area (Å²) in [6, 6.07) is 8.12. The van der Waals surface area contributed by atoms with E-state index in [1.165, 1.54) is 3.57 Å². The van der Waals surface area contributed by atoms with Crippen LogP contribution in [0.3, 0.4) is 0 Å². The molecule has 0 heterocycles. The zero-order chi connectivity index (χ0) is 10.2. The topological polar surface area (TPSA) is 58.0 Å². The molecule has 0 saturated heterocycles. The molecule has 1 rings (SSSR count). The van der Waals surface area contributed by atoms with Crippen molar-refractivity contribution in [1.82, 2.24) is 0 Å². The van der Waals surface area contributed by atoms with Crippen molar-refractivity contribution in [2.75, 3.05) is 13.2 Å². The van der Waals surface area contributed by atoms with Crippen molar-refractivity contribution in [1.29, 1.82) is 0 Å². The van der Waals surface area contributed by atoms with Gasteiger partial charge in [-0.3, -0.25) is 0 Å². The SMILES string of the molecule is [N-]=[N+]=NCCOCc1ccc(I)cc1. The van der Waals surface area contributed by atoms with Gasteiger partial charge in [0.15, 0.2) is 0 Å². The molecule has 0 amide bonds. The second-order valence-electron chi connectivity index (χ2n) is 2.63. The van der Waals surface area contributed by atoms with E-state index in [1.807, 2.05) is 24.3 Å². The van der Waals surface area contributed by atoms with Crippen molar-refractivity contribution in [3.8, 4) is 0 Å². The van der Waals surface area contributed by atoms with Gasteiger partial charge in [0.25, 0.3) is 0 Å². The zero-order valence-corrected chi connectivity index (χ0v) is 9.72. The maximum Gasteiger partial charge on any atom is 0.0716 e. The first kappa shape index (κ1) is 11.3. The number of halogens is 1. The molecule has 0 aliphatic carbocycles. The number of hydrogen-bond acceptors (Lipinski definition) is 2. The maximum atomic E-state index is 8.02. The Morgan fingerprint density at radius 1 is 1.36 bits per heavy atom. The zero-order valence-electron chi connectivity index (χ0n) is 7.56. The number of hydrogen-bond donors (Lipinski definition) is 0.